The lowest BCUT2D eigenvalue weighted by atomic mass is 9.92. The molecule has 0 aliphatic rings. The molecule has 0 spiro atoms. The Hall–Kier alpha value is -0.440. The summed E-state index contributed by atoms with van der Waals surface area (Å²) < 4.78 is 10.8. The van der Waals surface area contributed by atoms with E-state index in [0.29, 0.717) is 0 Å². The van der Waals surface area contributed by atoms with E-state index in [-0.39, 0.29) is 11.5 Å². The average molecular weight is 174 g/mol. The van der Waals surface area contributed by atoms with Gasteiger partial charge >= 0.3 is 0 Å². The van der Waals surface area contributed by atoms with Gasteiger partial charge in [0.25, 0.3) is 0 Å². The van der Waals surface area contributed by atoms with E-state index in [1.165, 1.54) is 5.41 Å². The standard InChI is InChI=1S/C8H14O2S/c1-5-11(10)6-7(9)8(2,3)4/h5H,1,6H2,2-4H3. The second-order valence-electron chi connectivity index (χ2n) is 3.36. The number of Topliss-reactive ketones (excluding diaryl/α,β-unsaturated/α-hetero) is 1. The van der Waals surface area contributed by atoms with Gasteiger partial charge in [-0.05, 0) is 5.41 Å². The van der Waals surface area contributed by atoms with E-state index in [9.17, 15) is 9.00 Å². The Morgan fingerprint density at radius 1 is 1.55 bits per heavy atom. The Morgan fingerprint density at radius 2 is 2.00 bits per heavy atom. The van der Waals surface area contributed by atoms with Crippen LogP contribution in [0.2, 0.25) is 0 Å². The molecule has 11 heavy (non-hydrogen) atoms. The summed E-state index contributed by atoms with van der Waals surface area (Å²) in [6, 6.07) is 0. The highest BCUT2D eigenvalue weighted by Gasteiger charge is 2.21. The van der Waals surface area contributed by atoms with Gasteiger partial charge in [-0.2, -0.15) is 0 Å². The number of hydrogen-bond donors (Lipinski definition) is 0. The molecular weight excluding hydrogens is 160 g/mol. The smallest absolute Gasteiger partial charge is 0.150 e. The normalized spacial score (nSPS) is 14.1. The van der Waals surface area contributed by atoms with Gasteiger partial charge in [0.2, 0.25) is 0 Å². The first-order valence-corrected chi connectivity index (χ1v) is 4.79. The maximum absolute atomic E-state index is 11.2. The lowest BCUT2D eigenvalue weighted by Crippen LogP contribution is -2.25. The zero-order chi connectivity index (χ0) is 9.07. The topological polar surface area (TPSA) is 34.1 Å². The minimum atomic E-state index is -1.19. The molecular formula is C8H14O2S. The van der Waals surface area contributed by atoms with Crippen LogP contribution in [0.1, 0.15) is 20.8 Å². The second kappa shape index (κ2) is 3.81. The molecule has 64 valence electrons. The molecule has 1 atom stereocenters. The van der Waals surface area contributed by atoms with E-state index in [0.717, 1.165) is 0 Å². The van der Waals surface area contributed by atoms with E-state index in [2.05, 4.69) is 6.58 Å². The molecule has 0 aromatic heterocycles. The van der Waals surface area contributed by atoms with Crippen LogP contribution in [-0.2, 0) is 15.6 Å². The van der Waals surface area contributed by atoms with Crippen molar-refractivity contribution in [1.82, 2.24) is 0 Å². The molecule has 0 saturated carbocycles. The Kier molecular flexibility index (Phi) is 3.66. The highest BCUT2D eigenvalue weighted by Crippen LogP contribution is 2.14. The number of carbonyl (C=O) groups excluding carboxylic acids is 1. The van der Waals surface area contributed by atoms with Crippen molar-refractivity contribution in [2.75, 3.05) is 5.75 Å². The maximum Gasteiger partial charge on any atom is 0.150 e. The minimum absolute atomic E-state index is 0.00994. The van der Waals surface area contributed by atoms with Crippen molar-refractivity contribution in [2.24, 2.45) is 5.41 Å². The Labute approximate surface area is 70.1 Å². The Morgan fingerprint density at radius 3 is 2.27 bits per heavy atom. The molecule has 2 nitrogen and oxygen atoms in total. The lowest BCUT2D eigenvalue weighted by molar-refractivity contribution is -0.123. The molecule has 0 fully saturated rings. The first kappa shape index (κ1) is 10.6. The number of hydrogen-bond acceptors (Lipinski definition) is 2. The third-order valence-electron chi connectivity index (χ3n) is 1.30. The molecule has 0 N–H and O–H groups in total. The monoisotopic (exact) mass is 174 g/mol. The summed E-state index contributed by atoms with van der Waals surface area (Å²) in [5, 5.41) is 1.30. The lowest BCUT2D eigenvalue weighted by Gasteiger charge is -2.14. The van der Waals surface area contributed by atoms with E-state index >= 15 is 0 Å². The minimum Gasteiger partial charge on any atom is -0.298 e. The number of rotatable bonds is 3. The van der Waals surface area contributed by atoms with Gasteiger partial charge in [0.1, 0.15) is 0 Å². The van der Waals surface area contributed by atoms with Crippen molar-refractivity contribution in [3.8, 4) is 0 Å². The third kappa shape index (κ3) is 4.09. The average Bonchev–Trinajstić information content (AvgIpc) is 1.85. The van der Waals surface area contributed by atoms with Gasteiger partial charge in [-0.15, -0.1) is 0 Å². The van der Waals surface area contributed by atoms with Gasteiger partial charge in [0.05, 0.1) is 16.6 Å². The molecule has 0 bridgehead atoms. The van der Waals surface area contributed by atoms with Crippen LogP contribution in [-0.4, -0.2) is 15.7 Å². The van der Waals surface area contributed by atoms with Crippen molar-refractivity contribution < 1.29 is 9.00 Å². The summed E-state index contributed by atoms with van der Waals surface area (Å²) in [7, 11) is -1.19. The molecule has 0 aliphatic carbocycles. The first-order valence-electron chi connectivity index (χ1n) is 3.41. The van der Waals surface area contributed by atoms with Crippen molar-refractivity contribution in [1.29, 1.82) is 0 Å². The molecule has 0 saturated heterocycles. The largest absolute Gasteiger partial charge is 0.298 e. The predicted octanol–water partition coefficient (Wildman–Crippen LogP) is 1.49. The highest BCUT2D eigenvalue weighted by atomic mass is 32.2. The summed E-state index contributed by atoms with van der Waals surface area (Å²) in [6.07, 6.45) is 0. The molecule has 0 rings (SSSR count). The van der Waals surface area contributed by atoms with Crippen LogP contribution in [0.3, 0.4) is 0 Å². The van der Waals surface area contributed by atoms with Crippen LogP contribution < -0.4 is 0 Å². The fourth-order valence-corrected chi connectivity index (χ4v) is 1.21. The van der Waals surface area contributed by atoms with Crippen LogP contribution in [0.4, 0.5) is 0 Å². The molecule has 0 aromatic rings. The quantitative estimate of drug-likeness (QED) is 0.649. The van der Waals surface area contributed by atoms with Crippen LogP contribution >= 0.6 is 0 Å². The van der Waals surface area contributed by atoms with Crippen LogP contribution in [0.5, 0.6) is 0 Å². The summed E-state index contributed by atoms with van der Waals surface area (Å²) >= 11 is 0. The van der Waals surface area contributed by atoms with E-state index < -0.39 is 16.2 Å². The first-order chi connectivity index (χ1) is 4.88. The van der Waals surface area contributed by atoms with Crippen LogP contribution in [0, 0.1) is 5.41 Å². The SMILES string of the molecule is C=CS(=O)CC(=O)C(C)(C)C. The van der Waals surface area contributed by atoms with Crippen molar-refractivity contribution in [3.05, 3.63) is 12.0 Å². The van der Waals surface area contributed by atoms with Gasteiger partial charge in [-0.3, -0.25) is 9.00 Å². The van der Waals surface area contributed by atoms with Crippen molar-refractivity contribution in [3.63, 3.8) is 0 Å². The summed E-state index contributed by atoms with van der Waals surface area (Å²) in [5.74, 6) is 0.100. The molecule has 1 unspecified atom stereocenters. The van der Waals surface area contributed by atoms with E-state index in [1.807, 2.05) is 20.8 Å². The van der Waals surface area contributed by atoms with Crippen molar-refractivity contribution >= 4 is 16.6 Å². The molecule has 0 aliphatic heterocycles. The van der Waals surface area contributed by atoms with Gasteiger partial charge in [0, 0.05) is 5.41 Å². The molecule has 0 heterocycles. The predicted molar refractivity (Wildman–Crippen MR) is 47.7 cm³/mol. The van der Waals surface area contributed by atoms with Gasteiger partial charge in [-0.1, -0.05) is 27.4 Å². The van der Waals surface area contributed by atoms with Crippen LogP contribution in [0.25, 0.3) is 0 Å². The van der Waals surface area contributed by atoms with Crippen molar-refractivity contribution in [2.45, 2.75) is 20.8 Å². The number of carbonyl (C=O) groups is 1. The number of ketones is 1. The molecule has 0 amide bonds. The summed E-state index contributed by atoms with van der Waals surface area (Å²) in [5.41, 5.74) is -0.390. The van der Waals surface area contributed by atoms with E-state index in [4.69, 9.17) is 0 Å². The fraction of sp³-hybridized carbons (Fsp3) is 0.625. The maximum atomic E-state index is 11.2. The molecule has 0 radical (unpaired) electrons. The summed E-state index contributed by atoms with van der Waals surface area (Å²) in [4.78, 5) is 11.2. The van der Waals surface area contributed by atoms with E-state index in [1.54, 1.807) is 0 Å². The fourth-order valence-electron chi connectivity index (χ4n) is 0.405. The highest BCUT2D eigenvalue weighted by molar-refractivity contribution is 7.88. The van der Waals surface area contributed by atoms with Gasteiger partial charge in [-0.25, -0.2) is 0 Å². The van der Waals surface area contributed by atoms with Gasteiger partial charge in [0.15, 0.2) is 5.78 Å². The summed E-state index contributed by atoms with van der Waals surface area (Å²) in [6.45, 7) is 8.79. The van der Waals surface area contributed by atoms with Crippen LogP contribution in [0.15, 0.2) is 12.0 Å². The third-order valence-corrected chi connectivity index (χ3v) is 2.21. The zero-order valence-corrected chi connectivity index (χ0v) is 8.03. The molecule has 0 aromatic carbocycles. The zero-order valence-electron chi connectivity index (χ0n) is 7.22. The Bertz CT molecular complexity index is 189. The Balaban J connectivity index is 4.09. The van der Waals surface area contributed by atoms with Gasteiger partial charge < -0.3 is 0 Å². The second-order valence-corrected chi connectivity index (χ2v) is 4.75. The molecule has 3 heteroatoms.